The fourth-order valence-electron chi connectivity index (χ4n) is 1.07. The van der Waals surface area contributed by atoms with Crippen LogP contribution in [-0.2, 0) is 60.0 Å². The molecule has 26 heavy (non-hydrogen) atoms. The van der Waals surface area contributed by atoms with Crippen LogP contribution in [0.15, 0.2) is 0 Å². The molecular weight excluding hydrogens is 380 g/mol. The first kappa shape index (κ1) is 32.0. The maximum absolute atomic E-state index is 10.4. The number of Topliss-reactive ketones (excluding diaryl/α,β-unsaturated/α-hetero) is 3. The summed E-state index contributed by atoms with van der Waals surface area (Å²) in [4.78, 5) is 61.0. The molecule has 0 aromatic rings. The summed E-state index contributed by atoms with van der Waals surface area (Å²) in [7, 11) is 0. The van der Waals surface area contributed by atoms with Gasteiger partial charge in [0.05, 0.1) is 19.6 Å². The first-order valence-corrected chi connectivity index (χ1v) is 7.89. The van der Waals surface area contributed by atoms with Crippen molar-refractivity contribution in [2.45, 2.75) is 60.3 Å². The van der Waals surface area contributed by atoms with Crippen LogP contribution in [0.2, 0.25) is 0 Å². The molecule has 148 valence electrons. The smallest absolute Gasteiger partial charge is 0.313 e. The Bertz CT molecular complexity index is 416. The normalized spacial score (nSPS) is 8.19. The van der Waals surface area contributed by atoms with Gasteiger partial charge in [0.2, 0.25) is 0 Å². The molecule has 0 heterocycles. The van der Waals surface area contributed by atoms with E-state index in [-0.39, 0.29) is 58.3 Å². The van der Waals surface area contributed by atoms with Crippen molar-refractivity contribution in [3.05, 3.63) is 0 Å². The van der Waals surface area contributed by atoms with E-state index in [4.69, 9.17) is 0 Å². The van der Waals surface area contributed by atoms with Crippen molar-refractivity contribution in [2.24, 2.45) is 0 Å². The number of rotatable bonds is 9. The Morgan fingerprint density at radius 2 is 1.12 bits per heavy atom. The molecule has 0 aliphatic heterocycles. The standard InChI is InChI=1S/2C6H10O3.C5H8O2.Ti/c2*1-3-9-6(8)4-5(2)7;1-2-5(7)3-4-6;/h2*3-4H2,1-2H3;4H,2-3H2,1H3;. The van der Waals surface area contributed by atoms with Crippen LogP contribution in [0.25, 0.3) is 0 Å². The molecule has 9 heteroatoms. The van der Waals surface area contributed by atoms with Crippen LogP contribution < -0.4 is 0 Å². The Labute approximate surface area is 169 Å². The van der Waals surface area contributed by atoms with E-state index in [9.17, 15) is 28.8 Å². The van der Waals surface area contributed by atoms with Crippen LogP contribution in [0.1, 0.15) is 60.3 Å². The van der Waals surface area contributed by atoms with Crippen molar-refractivity contribution >= 4 is 35.6 Å². The second-order valence-electron chi connectivity index (χ2n) is 4.63. The number of carbonyl (C=O) groups is 6. The third kappa shape index (κ3) is 33.8. The Morgan fingerprint density at radius 1 is 0.769 bits per heavy atom. The predicted molar refractivity (Wildman–Crippen MR) is 89.8 cm³/mol. The van der Waals surface area contributed by atoms with Gasteiger partial charge < -0.3 is 14.3 Å². The summed E-state index contributed by atoms with van der Waals surface area (Å²) in [6, 6.07) is 0. The number of esters is 2. The van der Waals surface area contributed by atoms with E-state index in [0.29, 0.717) is 25.9 Å². The van der Waals surface area contributed by atoms with E-state index >= 15 is 0 Å². The first-order chi connectivity index (χ1) is 11.6. The third-order valence-corrected chi connectivity index (χ3v) is 2.10. The van der Waals surface area contributed by atoms with Crippen molar-refractivity contribution in [2.75, 3.05) is 13.2 Å². The van der Waals surface area contributed by atoms with Crippen molar-refractivity contribution in [1.82, 2.24) is 0 Å². The predicted octanol–water partition coefficient (Wildman–Crippen LogP) is 1.61. The monoisotopic (exact) mass is 408 g/mol. The Morgan fingerprint density at radius 3 is 1.27 bits per heavy atom. The summed E-state index contributed by atoms with van der Waals surface area (Å²) in [5.41, 5.74) is 0. The Kier molecular flexibility index (Phi) is 28.8. The maximum atomic E-state index is 10.4. The topological polar surface area (TPSA) is 121 Å². The molecule has 0 rings (SSSR count). The summed E-state index contributed by atoms with van der Waals surface area (Å²) < 4.78 is 8.99. The molecule has 0 fully saturated rings. The van der Waals surface area contributed by atoms with Crippen molar-refractivity contribution in [1.29, 1.82) is 0 Å². The van der Waals surface area contributed by atoms with Gasteiger partial charge in [0.25, 0.3) is 0 Å². The van der Waals surface area contributed by atoms with Gasteiger partial charge in [-0.2, -0.15) is 0 Å². The number of carbonyl (C=O) groups excluding carboxylic acids is 6. The summed E-state index contributed by atoms with van der Waals surface area (Å²) in [6.45, 7) is 8.55. The summed E-state index contributed by atoms with van der Waals surface area (Å²) in [6.07, 6.45) is 0.975. The van der Waals surface area contributed by atoms with Gasteiger partial charge in [-0.05, 0) is 27.7 Å². The molecule has 8 nitrogen and oxygen atoms in total. The molecule has 0 aromatic heterocycles. The van der Waals surface area contributed by atoms with Crippen molar-refractivity contribution < 1.29 is 60.0 Å². The minimum atomic E-state index is -0.440. The quantitative estimate of drug-likeness (QED) is 0.244. The molecule has 0 saturated carbocycles. The zero-order chi connectivity index (χ0) is 20.3. The van der Waals surface area contributed by atoms with Crippen molar-refractivity contribution in [3.63, 3.8) is 0 Å². The molecule has 0 atom stereocenters. The van der Waals surface area contributed by atoms with Gasteiger partial charge in [0.1, 0.15) is 36.5 Å². The van der Waals surface area contributed by atoms with Gasteiger partial charge in [0.15, 0.2) is 0 Å². The van der Waals surface area contributed by atoms with Crippen LogP contribution in [0.5, 0.6) is 0 Å². The van der Waals surface area contributed by atoms with E-state index in [1.165, 1.54) is 13.8 Å². The average Bonchev–Trinajstić information content (AvgIpc) is 2.47. The molecule has 0 spiro atoms. The number of hydrogen-bond acceptors (Lipinski definition) is 8. The third-order valence-electron chi connectivity index (χ3n) is 2.10. The molecule has 0 N–H and O–H groups in total. The average molecular weight is 408 g/mol. The van der Waals surface area contributed by atoms with Gasteiger partial charge in [-0.15, -0.1) is 0 Å². The van der Waals surface area contributed by atoms with Gasteiger partial charge in [-0.1, -0.05) is 6.92 Å². The van der Waals surface area contributed by atoms with Gasteiger partial charge in [-0.3, -0.25) is 24.0 Å². The van der Waals surface area contributed by atoms with Crippen LogP contribution in [-0.4, -0.2) is 48.8 Å². The molecule has 0 bridgehead atoms. The summed E-state index contributed by atoms with van der Waals surface area (Å²) in [5, 5.41) is 0. The van der Waals surface area contributed by atoms with E-state index in [1.54, 1.807) is 20.8 Å². The van der Waals surface area contributed by atoms with Gasteiger partial charge in [0, 0.05) is 28.1 Å². The minimum absolute atomic E-state index is 0. The van der Waals surface area contributed by atoms with Crippen LogP contribution in [0.4, 0.5) is 0 Å². The second kappa shape index (κ2) is 23.3. The van der Waals surface area contributed by atoms with E-state index in [0.717, 1.165) is 0 Å². The molecular formula is C17H28O8Ti. The van der Waals surface area contributed by atoms with Crippen molar-refractivity contribution in [3.8, 4) is 0 Å². The fourth-order valence-corrected chi connectivity index (χ4v) is 1.07. The SMILES string of the molecule is CCC(=O)CC=O.CCOC(=O)CC(C)=O.CCOC(=O)CC(C)=O.[Ti]. The molecule has 0 aliphatic rings. The largest absolute Gasteiger partial charge is 0.466 e. The molecule has 0 unspecified atom stereocenters. The molecule has 0 aliphatic carbocycles. The Balaban J connectivity index is -0.000000138. The number of ketones is 3. The molecule has 0 saturated heterocycles. The molecule has 0 aromatic carbocycles. The molecule has 0 amide bonds. The van der Waals surface area contributed by atoms with Crippen LogP contribution >= 0.6 is 0 Å². The number of hydrogen-bond donors (Lipinski definition) is 0. The van der Waals surface area contributed by atoms with Gasteiger partial charge >= 0.3 is 11.9 Å². The van der Waals surface area contributed by atoms with E-state index in [1.807, 2.05) is 0 Å². The van der Waals surface area contributed by atoms with Gasteiger partial charge in [-0.25, -0.2) is 0 Å². The zero-order valence-corrected chi connectivity index (χ0v) is 17.6. The first-order valence-electron chi connectivity index (χ1n) is 7.89. The Hall–Kier alpha value is -1.67. The number of aldehydes is 1. The number of ether oxygens (including phenoxy) is 2. The summed E-state index contributed by atoms with van der Waals surface area (Å²) in [5.74, 6) is -1.19. The molecule has 0 radical (unpaired) electrons. The van der Waals surface area contributed by atoms with E-state index in [2.05, 4.69) is 9.47 Å². The fraction of sp³-hybridized carbons (Fsp3) is 0.647. The minimum Gasteiger partial charge on any atom is -0.466 e. The summed E-state index contributed by atoms with van der Waals surface area (Å²) >= 11 is 0. The van der Waals surface area contributed by atoms with Crippen LogP contribution in [0, 0.1) is 0 Å². The second-order valence-corrected chi connectivity index (χ2v) is 4.63. The van der Waals surface area contributed by atoms with Crippen LogP contribution in [0.3, 0.4) is 0 Å². The maximum Gasteiger partial charge on any atom is 0.313 e. The zero-order valence-electron chi connectivity index (χ0n) is 16.1. The van der Waals surface area contributed by atoms with E-state index < -0.39 is 11.9 Å².